The number of ether oxygens (including phenoxy) is 1. The third kappa shape index (κ3) is 4.66. The molecule has 1 fully saturated rings. The number of aliphatic hydroxyl groups is 1. The van der Waals surface area contributed by atoms with Crippen LogP contribution >= 0.6 is 0 Å². The van der Waals surface area contributed by atoms with E-state index in [2.05, 4.69) is 5.32 Å². The third-order valence-electron chi connectivity index (χ3n) is 3.58. The Morgan fingerprint density at radius 1 is 1.30 bits per heavy atom. The molecule has 1 atom stereocenters. The summed E-state index contributed by atoms with van der Waals surface area (Å²) in [5, 5.41) is 12.6. The van der Waals surface area contributed by atoms with Crippen LogP contribution in [0.2, 0.25) is 0 Å². The molecule has 0 radical (unpaired) electrons. The molecule has 1 aliphatic heterocycles. The van der Waals surface area contributed by atoms with E-state index in [0.717, 1.165) is 6.07 Å². The number of amides is 1. The van der Waals surface area contributed by atoms with Crippen molar-refractivity contribution in [2.75, 3.05) is 39.4 Å². The second-order valence-electron chi connectivity index (χ2n) is 5.79. The standard InChI is InChI=1S/C15H19F3N2O3/c1-15(22,9-20-4-6-23-7-5-20)8-19-14(21)10-2-3-11(16)13(18)12(10)17/h2-3,22H,4-9H2,1H3,(H,19,21). The second-order valence-corrected chi connectivity index (χ2v) is 5.79. The van der Waals surface area contributed by atoms with Crippen LogP contribution in [-0.4, -0.2) is 60.9 Å². The van der Waals surface area contributed by atoms with Crippen LogP contribution in [0.15, 0.2) is 12.1 Å². The molecular weight excluding hydrogens is 313 g/mol. The van der Waals surface area contributed by atoms with Gasteiger partial charge in [0, 0.05) is 26.2 Å². The molecule has 8 heteroatoms. The normalized spacial score (nSPS) is 18.5. The maximum absolute atomic E-state index is 13.5. The van der Waals surface area contributed by atoms with Crippen LogP contribution < -0.4 is 5.32 Å². The highest BCUT2D eigenvalue weighted by molar-refractivity contribution is 5.94. The highest BCUT2D eigenvalue weighted by atomic mass is 19.2. The molecule has 1 aromatic rings. The van der Waals surface area contributed by atoms with Crippen LogP contribution in [0.4, 0.5) is 13.2 Å². The Morgan fingerprint density at radius 3 is 2.61 bits per heavy atom. The number of hydrogen-bond acceptors (Lipinski definition) is 4. The van der Waals surface area contributed by atoms with Gasteiger partial charge in [-0.25, -0.2) is 13.2 Å². The van der Waals surface area contributed by atoms with Crippen molar-refractivity contribution in [2.45, 2.75) is 12.5 Å². The zero-order chi connectivity index (χ0) is 17.0. The van der Waals surface area contributed by atoms with Crippen LogP contribution in [0.1, 0.15) is 17.3 Å². The minimum atomic E-state index is -1.70. The van der Waals surface area contributed by atoms with E-state index in [9.17, 15) is 23.1 Å². The molecule has 1 unspecified atom stereocenters. The first kappa shape index (κ1) is 17.7. The van der Waals surface area contributed by atoms with Gasteiger partial charge in [0.05, 0.1) is 24.4 Å². The lowest BCUT2D eigenvalue weighted by Gasteiger charge is -2.33. The maximum Gasteiger partial charge on any atom is 0.254 e. The molecule has 2 rings (SSSR count). The number of benzene rings is 1. The zero-order valence-electron chi connectivity index (χ0n) is 12.7. The molecule has 0 aliphatic carbocycles. The number of morpholine rings is 1. The first-order valence-electron chi connectivity index (χ1n) is 7.24. The monoisotopic (exact) mass is 332 g/mol. The van der Waals surface area contributed by atoms with E-state index in [4.69, 9.17) is 4.74 Å². The fourth-order valence-corrected chi connectivity index (χ4v) is 2.36. The summed E-state index contributed by atoms with van der Waals surface area (Å²) in [5.74, 6) is -5.52. The van der Waals surface area contributed by atoms with E-state index in [1.165, 1.54) is 6.92 Å². The lowest BCUT2D eigenvalue weighted by molar-refractivity contribution is -0.0213. The molecule has 0 saturated carbocycles. The van der Waals surface area contributed by atoms with Crippen LogP contribution in [0.3, 0.4) is 0 Å². The molecule has 1 saturated heterocycles. The number of carbonyl (C=O) groups excluding carboxylic acids is 1. The molecule has 0 aromatic heterocycles. The van der Waals surface area contributed by atoms with E-state index in [1.807, 2.05) is 4.90 Å². The number of carbonyl (C=O) groups is 1. The van der Waals surface area contributed by atoms with Gasteiger partial charge >= 0.3 is 0 Å². The SMILES string of the molecule is CC(O)(CNC(=O)c1ccc(F)c(F)c1F)CN1CCOCC1. The summed E-state index contributed by atoms with van der Waals surface area (Å²) in [7, 11) is 0. The van der Waals surface area contributed by atoms with Gasteiger partial charge < -0.3 is 15.2 Å². The zero-order valence-corrected chi connectivity index (χ0v) is 12.7. The summed E-state index contributed by atoms with van der Waals surface area (Å²) in [5.41, 5.74) is -1.85. The quantitative estimate of drug-likeness (QED) is 0.787. The first-order chi connectivity index (χ1) is 10.8. The minimum absolute atomic E-state index is 0.151. The predicted molar refractivity (Wildman–Crippen MR) is 76.5 cm³/mol. The molecular formula is C15H19F3N2O3. The summed E-state index contributed by atoms with van der Waals surface area (Å²) < 4.78 is 44.7. The van der Waals surface area contributed by atoms with Crippen LogP contribution in [0.25, 0.3) is 0 Å². The van der Waals surface area contributed by atoms with Crippen molar-refractivity contribution < 1.29 is 27.8 Å². The topological polar surface area (TPSA) is 61.8 Å². The lowest BCUT2D eigenvalue weighted by Crippen LogP contribution is -2.51. The van der Waals surface area contributed by atoms with Gasteiger partial charge in [-0.2, -0.15) is 0 Å². The lowest BCUT2D eigenvalue weighted by atomic mass is 10.1. The van der Waals surface area contributed by atoms with Crippen molar-refractivity contribution in [2.24, 2.45) is 0 Å². The summed E-state index contributed by atoms with van der Waals surface area (Å²) >= 11 is 0. The Labute approximate surface area is 132 Å². The third-order valence-corrected chi connectivity index (χ3v) is 3.58. The molecule has 23 heavy (non-hydrogen) atoms. The van der Waals surface area contributed by atoms with E-state index in [0.29, 0.717) is 38.9 Å². The van der Waals surface area contributed by atoms with Crippen molar-refractivity contribution in [1.82, 2.24) is 10.2 Å². The molecule has 0 bridgehead atoms. The van der Waals surface area contributed by atoms with Crippen molar-refractivity contribution in [3.05, 3.63) is 35.1 Å². The molecule has 1 heterocycles. The molecule has 128 valence electrons. The van der Waals surface area contributed by atoms with Gasteiger partial charge in [0.15, 0.2) is 17.5 Å². The van der Waals surface area contributed by atoms with Crippen molar-refractivity contribution in [1.29, 1.82) is 0 Å². The van der Waals surface area contributed by atoms with Crippen LogP contribution in [0, 0.1) is 17.5 Å². The van der Waals surface area contributed by atoms with Crippen molar-refractivity contribution in [3.8, 4) is 0 Å². The van der Waals surface area contributed by atoms with Gasteiger partial charge in [0.2, 0.25) is 0 Å². The Kier molecular flexibility index (Phi) is 5.61. The molecule has 0 spiro atoms. The molecule has 1 aliphatic rings. The molecule has 1 amide bonds. The highest BCUT2D eigenvalue weighted by Gasteiger charge is 2.27. The Bertz CT molecular complexity index is 575. The van der Waals surface area contributed by atoms with E-state index in [1.54, 1.807) is 0 Å². The van der Waals surface area contributed by atoms with Gasteiger partial charge in [-0.15, -0.1) is 0 Å². The largest absolute Gasteiger partial charge is 0.387 e. The van der Waals surface area contributed by atoms with Crippen molar-refractivity contribution >= 4 is 5.91 Å². The summed E-state index contributed by atoms with van der Waals surface area (Å²) in [6.45, 7) is 4.16. The summed E-state index contributed by atoms with van der Waals surface area (Å²) in [6.07, 6.45) is 0. The number of rotatable bonds is 5. The fourth-order valence-electron chi connectivity index (χ4n) is 2.36. The maximum atomic E-state index is 13.5. The average Bonchev–Trinajstić information content (AvgIpc) is 2.51. The highest BCUT2D eigenvalue weighted by Crippen LogP contribution is 2.15. The van der Waals surface area contributed by atoms with Gasteiger partial charge in [-0.05, 0) is 19.1 Å². The molecule has 1 aromatic carbocycles. The number of hydrogen-bond donors (Lipinski definition) is 2. The average molecular weight is 332 g/mol. The smallest absolute Gasteiger partial charge is 0.254 e. The van der Waals surface area contributed by atoms with Gasteiger partial charge in [0.1, 0.15) is 0 Å². The number of nitrogens with one attached hydrogen (secondary N) is 1. The predicted octanol–water partition coefficient (Wildman–Crippen LogP) is 0.917. The van der Waals surface area contributed by atoms with Crippen LogP contribution in [-0.2, 0) is 4.74 Å². The minimum Gasteiger partial charge on any atom is -0.387 e. The fraction of sp³-hybridized carbons (Fsp3) is 0.533. The van der Waals surface area contributed by atoms with Crippen LogP contribution in [0.5, 0.6) is 0 Å². The van der Waals surface area contributed by atoms with E-state index in [-0.39, 0.29) is 6.54 Å². The second kappa shape index (κ2) is 7.29. The van der Waals surface area contributed by atoms with E-state index >= 15 is 0 Å². The van der Waals surface area contributed by atoms with E-state index < -0.39 is 34.5 Å². The van der Waals surface area contributed by atoms with Gasteiger partial charge in [-0.3, -0.25) is 9.69 Å². The molecule has 5 nitrogen and oxygen atoms in total. The Morgan fingerprint density at radius 2 is 1.96 bits per heavy atom. The first-order valence-corrected chi connectivity index (χ1v) is 7.24. The Hall–Kier alpha value is -1.64. The molecule has 2 N–H and O–H groups in total. The van der Waals surface area contributed by atoms with Crippen molar-refractivity contribution in [3.63, 3.8) is 0 Å². The number of halogens is 3. The Balaban J connectivity index is 1.93. The van der Waals surface area contributed by atoms with Gasteiger partial charge in [-0.1, -0.05) is 0 Å². The summed E-state index contributed by atoms with van der Waals surface area (Å²) in [6, 6.07) is 1.54. The van der Waals surface area contributed by atoms with Gasteiger partial charge in [0.25, 0.3) is 5.91 Å². The number of nitrogens with zero attached hydrogens (tertiary/aromatic N) is 1. The summed E-state index contributed by atoms with van der Waals surface area (Å²) in [4.78, 5) is 13.9. The number of β-amino-alcohol motifs (C(OH)–C–C–N with tert-alkyl or cyclic N) is 1.